The van der Waals surface area contributed by atoms with E-state index in [0.29, 0.717) is 17.1 Å². The summed E-state index contributed by atoms with van der Waals surface area (Å²) >= 11 is 3.29. The molecule has 0 aliphatic heterocycles. The molecule has 0 atom stereocenters. The van der Waals surface area contributed by atoms with Crippen molar-refractivity contribution >= 4 is 58.9 Å². The van der Waals surface area contributed by atoms with Crippen molar-refractivity contribution in [2.45, 2.75) is 4.90 Å². The third kappa shape index (κ3) is 6.31. The third-order valence-electron chi connectivity index (χ3n) is 4.28. The minimum absolute atomic E-state index is 0.0143. The second-order valence-electron chi connectivity index (χ2n) is 6.79. The summed E-state index contributed by atoms with van der Waals surface area (Å²) in [6.07, 6.45) is 1.02. The molecule has 11 heteroatoms. The maximum atomic E-state index is 12.5. The normalized spacial score (nSPS) is 11.6. The number of hydrogen-bond donors (Lipinski definition) is 2. The fourth-order valence-corrected chi connectivity index (χ4v) is 4.95. The van der Waals surface area contributed by atoms with Gasteiger partial charge in [0, 0.05) is 15.8 Å². The largest absolute Gasteiger partial charge is 0.325 e. The molecular weight excluding hydrogens is 518 g/mol. The molecule has 0 radical (unpaired) electrons. The van der Waals surface area contributed by atoms with Crippen LogP contribution in [0.3, 0.4) is 0 Å². The average Bonchev–Trinajstić information content (AvgIpc) is 2.74. The Kier molecular flexibility index (Phi) is 7.22. The number of anilines is 3. The number of nitrogens with one attached hydrogen (secondary N) is 2. The van der Waals surface area contributed by atoms with Gasteiger partial charge in [-0.05, 0) is 60.7 Å². The first kappa shape index (κ1) is 23.8. The lowest BCUT2D eigenvalue weighted by atomic mass is 10.3. The summed E-state index contributed by atoms with van der Waals surface area (Å²) in [7, 11) is -7.49. The molecule has 0 unspecified atom stereocenters. The molecule has 1 amide bonds. The summed E-state index contributed by atoms with van der Waals surface area (Å²) in [4.78, 5) is 12.5. The molecule has 168 valence electrons. The number of halogens is 1. The van der Waals surface area contributed by atoms with E-state index < -0.39 is 32.5 Å². The highest BCUT2D eigenvalue weighted by molar-refractivity contribution is 9.10. The Morgan fingerprint density at radius 1 is 0.844 bits per heavy atom. The molecule has 0 saturated carbocycles. The second kappa shape index (κ2) is 9.72. The molecule has 3 aromatic carbocycles. The van der Waals surface area contributed by atoms with Gasteiger partial charge >= 0.3 is 0 Å². The Labute approximate surface area is 195 Å². The van der Waals surface area contributed by atoms with Crippen molar-refractivity contribution in [2.75, 3.05) is 27.1 Å². The number of para-hydroxylation sites is 1. The molecule has 0 spiro atoms. The van der Waals surface area contributed by atoms with Gasteiger partial charge in [0.25, 0.3) is 10.0 Å². The van der Waals surface area contributed by atoms with Crippen molar-refractivity contribution in [3.63, 3.8) is 0 Å². The van der Waals surface area contributed by atoms with Crippen molar-refractivity contribution in [1.82, 2.24) is 0 Å². The molecule has 32 heavy (non-hydrogen) atoms. The van der Waals surface area contributed by atoms with Crippen molar-refractivity contribution in [2.24, 2.45) is 0 Å². The monoisotopic (exact) mass is 537 g/mol. The molecule has 3 aromatic rings. The first-order chi connectivity index (χ1) is 15.0. The van der Waals surface area contributed by atoms with E-state index >= 15 is 0 Å². The van der Waals surface area contributed by atoms with E-state index in [9.17, 15) is 21.6 Å². The molecule has 0 bridgehead atoms. The first-order valence-corrected chi connectivity index (χ1v) is 13.4. The van der Waals surface area contributed by atoms with E-state index in [0.717, 1.165) is 15.0 Å². The van der Waals surface area contributed by atoms with Crippen LogP contribution in [0.5, 0.6) is 0 Å². The van der Waals surface area contributed by atoms with Crippen LogP contribution < -0.4 is 14.3 Å². The number of amides is 1. The lowest BCUT2D eigenvalue weighted by Crippen LogP contribution is -2.37. The van der Waals surface area contributed by atoms with E-state index in [-0.39, 0.29) is 4.90 Å². The second-order valence-corrected chi connectivity index (χ2v) is 11.3. The summed E-state index contributed by atoms with van der Waals surface area (Å²) < 4.78 is 53.6. The standard InChI is InChI=1S/C21H20BrN3O5S2/c1-31(27,28)25(19-5-3-2-4-6-19)15-21(26)23-17-11-13-20(14-12-17)32(29,30)24-18-9-7-16(22)8-10-18/h2-14,24H,15H2,1H3,(H,23,26). The zero-order valence-electron chi connectivity index (χ0n) is 16.9. The van der Waals surface area contributed by atoms with Gasteiger partial charge in [-0.2, -0.15) is 0 Å². The Morgan fingerprint density at radius 2 is 1.41 bits per heavy atom. The maximum Gasteiger partial charge on any atom is 0.261 e. The summed E-state index contributed by atoms with van der Waals surface area (Å²) in [6, 6.07) is 20.5. The zero-order chi connectivity index (χ0) is 23.4. The smallest absolute Gasteiger partial charge is 0.261 e. The van der Waals surface area contributed by atoms with Crippen molar-refractivity contribution in [3.8, 4) is 0 Å². The molecule has 0 heterocycles. The number of sulfonamides is 2. The quantitative estimate of drug-likeness (QED) is 0.455. The average molecular weight is 538 g/mol. The van der Waals surface area contributed by atoms with Crippen LogP contribution in [0.2, 0.25) is 0 Å². The van der Waals surface area contributed by atoms with Crippen LogP contribution in [0.25, 0.3) is 0 Å². The van der Waals surface area contributed by atoms with E-state index in [4.69, 9.17) is 0 Å². The topological polar surface area (TPSA) is 113 Å². The highest BCUT2D eigenvalue weighted by Crippen LogP contribution is 2.21. The van der Waals surface area contributed by atoms with Crippen molar-refractivity contribution in [1.29, 1.82) is 0 Å². The van der Waals surface area contributed by atoms with Crippen LogP contribution in [-0.4, -0.2) is 35.5 Å². The maximum absolute atomic E-state index is 12.5. The van der Waals surface area contributed by atoms with E-state index in [1.807, 2.05) is 0 Å². The first-order valence-electron chi connectivity index (χ1n) is 9.26. The van der Waals surface area contributed by atoms with Gasteiger partial charge in [0.05, 0.1) is 16.8 Å². The molecule has 0 saturated heterocycles. The molecule has 2 N–H and O–H groups in total. The zero-order valence-corrected chi connectivity index (χ0v) is 20.1. The Hall–Kier alpha value is -2.89. The number of benzene rings is 3. The molecular formula is C21H20BrN3O5S2. The fraction of sp³-hybridized carbons (Fsp3) is 0.0952. The number of rotatable bonds is 8. The highest BCUT2D eigenvalue weighted by atomic mass is 79.9. The van der Waals surface area contributed by atoms with Gasteiger partial charge in [0.15, 0.2) is 0 Å². The van der Waals surface area contributed by atoms with Gasteiger partial charge in [0.2, 0.25) is 15.9 Å². The third-order valence-corrected chi connectivity index (χ3v) is 7.34. The number of carbonyl (C=O) groups is 1. The van der Waals surface area contributed by atoms with Crippen LogP contribution >= 0.6 is 15.9 Å². The lowest BCUT2D eigenvalue weighted by molar-refractivity contribution is -0.114. The predicted molar refractivity (Wildman–Crippen MR) is 129 cm³/mol. The van der Waals surface area contributed by atoms with Gasteiger partial charge in [-0.3, -0.25) is 13.8 Å². The van der Waals surface area contributed by atoms with Gasteiger partial charge in [-0.25, -0.2) is 16.8 Å². The molecule has 3 rings (SSSR count). The van der Waals surface area contributed by atoms with Crippen LogP contribution in [0.1, 0.15) is 0 Å². The van der Waals surface area contributed by atoms with Crippen LogP contribution in [0.15, 0.2) is 88.2 Å². The molecule has 0 aliphatic carbocycles. The van der Waals surface area contributed by atoms with E-state index in [2.05, 4.69) is 26.0 Å². The fourth-order valence-electron chi connectivity index (χ4n) is 2.77. The molecule has 0 aromatic heterocycles. The molecule has 0 aliphatic rings. The summed E-state index contributed by atoms with van der Waals surface area (Å²) in [5.41, 5.74) is 1.11. The van der Waals surface area contributed by atoms with Crippen LogP contribution in [-0.2, 0) is 24.8 Å². The lowest BCUT2D eigenvalue weighted by Gasteiger charge is -2.21. The van der Waals surface area contributed by atoms with Gasteiger partial charge < -0.3 is 5.32 Å². The van der Waals surface area contributed by atoms with Crippen LogP contribution in [0, 0.1) is 0 Å². The highest BCUT2D eigenvalue weighted by Gasteiger charge is 2.21. The van der Waals surface area contributed by atoms with E-state index in [1.54, 1.807) is 54.6 Å². The summed E-state index contributed by atoms with van der Waals surface area (Å²) in [5.74, 6) is -0.567. The number of nitrogens with zero attached hydrogens (tertiary/aromatic N) is 1. The Bertz CT molecular complexity index is 1300. The van der Waals surface area contributed by atoms with Crippen molar-refractivity contribution in [3.05, 3.63) is 83.3 Å². The summed E-state index contributed by atoms with van der Waals surface area (Å²) in [5, 5.41) is 2.58. The van der Waals surface area contributed by atoms with Gasteiger partial charge in [-0.15, -0.1) is 0 Å². The van der Waals surface area contributed by atoms with E-state index in [1.165, 1.54) is 24.3 Å². The molecule has 0 fully saturated rings. The van der Waals surface area contributed by atoms with Crippen LogP contribution in [0.4, 0.5) is 17.1 Å². The Morgan fingerprint density at radius 3 is 1.97 bits per heavy atom. The number of hydrogen-bond acceptors (Lipinski definition) is 5. The molecule has 8 nitrogen and oxygen atoms in total. The number of carbonyl (C=O) groups excluding carboxylic acids is 1. The SMILES string of the molecule is CS(=O)(=O)N(CC(=O)Nc1ccc(S(=O)(=O)Nc2ccc(Br)cc2)cc1)c1ccccc1. The van der Waals surface area contributed by atoms with Gasteiger partial charge in [0.1, 0.15) is 6.54 Å². The predicted octanol–water partition coefficient (Wildman–Crippen LogP) is 3.65. The minimum Gasteiger partial charge on any atom is -0.325 e. The minimum atomic E-state index is -3.81. The van der Waals surface area contributed by atoms with Crippen molar-refractivity contribution < 1.29 is 21.6 Å². The van der Waals surface area contributed by atoms with Gasteiger partial charge in [-0.1, -0.05) is 34.1 Å². The Balaban J connectivity index is 1.69. The summed E-state index contributed by atoms with van der Waals surface area (Å²) in [6.45, 7) is -0.423.